The number of rotatable bonds is 5. The zero-order valence-corrected chi connectivity index (χ0v) is 11.8. The summed E-state index contributed by atoms with van der Waals surface area (Å²) < 4.78 is 4.73. The molecule has 118 valence electrons. The molecule has 0 amide bonds. The summed E-state index contributed by atoms with van der Waals surface area (Å²) in [6, 6.07) is 5.06. The molecule has 0 aromatic heterocycles. The number of nitrogens with zero attached hydrogens (tertiary/aromatic N) is 1. The topological polar surface area (TPSA) is 130 Å². The van der Waals surface area contributed by atoms with Crippen molar-refractivity contribution in [3.8, 4) is 0 Å². The Balaban J connectivity index is 0.000000690. The summed E-state index contributed by atoms with van der Waals surface area (Å²) in [5, 5.41) is 35.3. The van der Waals surface area contributed by atoms with Crippen LogP contribution in [0.4, 0.5) is 5.69 Å². The fourth-order valence-electron chi connectivity index (χ4n) is 0.999. The Morgan fingerprint density at radius 3 is 2.05 bits per heavy atom. The number of nitro groups is 1. The molecule has 21 heavy (non-hydrogen) atoms. The molecule has 3 N–H and O–H groups in total. The van der Waals surface area contributed by atoms with E-state index in [1.807, 2.05) is 0 Å². The van der Waals surface area contributed by atoms with Crippen molar-refractivity contribution in [3.05, 3.63) is 39.9 Å². The average molecular weight is 301 g/mol. The van der Waals surface area contributed by atoms with Crippen molar-refractivity contribution in [3.63, 3.8) is 0 Å². The predicted octanol–water partition coefficient (Wildman–Crippen LogP) is 0.492. The highest BCUT2D eigenvalue weighted by Crippen LogP contribution is 2.12. The van der Waals surface area contributed by atoms with Gasteiger partial charge in [-0.1, -0.05) is 0 Å². The number of benzene rings is 1. The lowest BCUT2D eigenvalue weighted by molar-refractivity contribution is -0.384. The highest BCUT2D eigenvalue weighted by atomic mass is 16.6. The molecule has 0 heterocycles. The van der Waals surface area contributed by atoms with Crippen molar-refractivity contribution in [2.75, 3.05) is 13.2 Å². The molecule has 1 aromatic rings. The van der Waals surface area contributed by atoms with Crippen molar-refractivity contribution in [1.82, 2.24) is 0 Å². The van der Waals surface area contributed by atoms with Crippen LogP contribution >= 0.6 is 0 Å². The molecule has 0 aliphatic rings. The lowest BCUT2D eigenvalue weighted by Crippen LogP contribution is -2.15. The first-order valence-electron chi connectivity index (χ1n) is 6.16. The van der Waals surface area contributed by atoms with Crippen molar-refractivity contribution >= 4 is 11.7 Å². The van der Waals surface area contributed by atoms with Gasteiger partial charge >= 0.3 is 5.97 Å². The van der Waals surface area contributed by atoms with E-state index in [2.05, 4.69) is 0 Å². The Morgan fingerprint density at radius 1 is 1.24 bits per heavy atom. The molecule has 0 radical (unpaired) electrons. The molecule has 0 aliphatic heterocycles. The summed E-state index contributed by atoms with van der Waals surface area (Å²) in [5.74, 6) is -0.615. The molecule has 1 rings (SSSR count). The Hall–Kier alpha value is -2.03. The number of carbonyl (C=O) groups excluding carboxylic acids is 1. The number of esters is 1. The molecular formula is C13H19NO7. The van der Waals surface area contributed by atoms with Crippen LogP contribution in [0.15, 0.2) is 24.3 Å². The van der Waals surface area contributed by atoms with Crippen LogP contribution in [0, 0.1) is 10.1 Å². The number of hydrogen-bond acceptors (Lipinski definition) is 7. The Morgan fingerprint density at radius 2 is 1.71 bits per heavy atom. The van der Waals surface area contributed by atoms with Crippen molar-refractivity contribution < 1.29 is 29.8 Å². The minimum atomic E-state index is -0.734. The number of nitro benzene ring substituents is 1. The fourth-order valence-corrected chi connectivity index (χ4v) is 0.999. The maximum Gasteiger partial charge on any atom is 0.338 e. The standard InChI is InChI=1S/C10H11NO5.C3H8O2/c1-7(12)6-16-10(13)8-2-4-9(5-3-8)11(14)15;1-3(5)2-4/h2-5,7,12H,6H2,1H3;3-5H,2H2,1H3. The molecule has 0 bridgehead atoms. The fraction of sp³-hybridized carbons (Fsp3) is 0.462. The smallest absolute Gasteiger partial charge is 0.338 e. The normalized spacial score (nSPS) is 12.6. The minimum Gasteiger partial charge on any atom is -0.459 e. The van der Waals surface area contributed by atoms with Gasteiger partial charge in [0.2, 0.25) is 0 Å². The maximum absolute atomic E-state index is 11.3. The zero-order chi connectivity index (χ0) is 16.4. The molecular weight excluding hydrogens is 282 g/mol. The molecule has 0 aliphatic carbocycles. The highest BCUT2D eigenvalue weighted by molar-refractivity contribution is 5.89. The number of aliphatic hydroxyl groups is 3. The number of hydrogen-bond donors (Lipinski definition) is 3. The van der Waals surface area contributed by atoms with Crippen LogP contribution < -0.4 is 0 Å². The first-order chi connectivity index (χ1) is 9.77. The molecule has 0 spiro atoms. The average Bonchev–Trinajstić information content (AvgIpc) is 2.45. The molecule has 1 aromatic carbocycles. The van der Waals surface area contributed by atoms with Gasteiger partial charge in [-0.15, -0.1) is 0 Å². The second-order valence-corrected chi connectivity index (χ2v) is 4.28. The van der Waals surface area contributed by atoms with Crippen LogP contribution in [0.3, 0.4) is 0 Å². The monoisotopic (exact) mass is 301 g/mol. The van der Waals surface area contributed by atoms with Crippen LogP contribution in [0.2, 0.25) is 0 Å². The van der Waals surface area contributed by atoms with E-state index >= 15 is 0 Å². The van der Waals surface area contributed by atoms with Crippen LogP contribution in [0.25, 0.3) is 0 Å². The number of carbonyl (C=O) groups is 1. The Kier molecular flexibility index (Phi) is 8.86. The molecule has 8 nitrogen and oxygen atoms in total. The molecule has 8 heteroatoms. The van der Waals surface area contributed by atoms with E-state index in [-0.39, 0.29) is 24.5 Å². The van der Waals surface area contributed by atoms with Crippen molar-refractivity contribution in [2.24, 2.45) is 0 Å². The third kappa shape index (κ3) is 8.69. The van der Waals surface area contributed by atoms with E-state index in [9.17, 15) is 14.9 Å². The summed E-state index contributed by atoms with van der Waals surface area (Å²) in [4.78, 5) is 21.1. The van der Waals surface area contributed by atoms with Crippen LogP contribution in [0.5, 0.6) is 0 Å². The largest absolute Gasteiger partial charge is 0.459 e. The highest BCUT2D eigenvalue weighted by Gasteiger charge is 2.11. The number of ether oxygens (including phenoxy) is 1. The van der Waals surface area contributed by atoms with E-state index in [0.717, 1.165) is 0 Å². The summed E-state index contributed by atoms with van der Waals surface area (Å²) >= 11 is 0. The second kappa shape index (κ2) is 9.81. The van der Waals surface area contributed by atoms with Gasteiger partial charge in [0.15, 0.2) is 0 Å². The van der Waals surface area contributed by atoms with Crippen molar-refractivity contribution in [1.29, 1.82) is 0 Å². The van der Waals surface area contributed by atoms with Gasteiger partial charge in [0.1, 0.15) is 6.61 Å². The molecule has 2 unspecified atom stereocenters. The van der Waals surface area contributed by atoms with Gasteiger partial charge in [-0.3, -0.25) is 10.1 Å². The quantitative estimate of drug-likeness (QED) is 0.410. The van der Waals surface area contributed by atoms with Crippen molar-refractivity contribution in [2.45, 2.75) is 26.1 Å². The van der Waals surface area contributed by atoms with E-state index in [1.165, 1.54) is 38.1 Å². The SMILES string of the molecule is CC(O)CO.CC(O)COC(=O)c1ccc([N+](=O)[O-])cc1. The van der Waals surface area contributed by atoms with E-state index in [0.29, 0.717) is 0 Å². The van der Waals surface area contributed by atoms with E-state index in [4.69, 9.17) is 20.1 Å². The van der Waals surface area contributed by atoms with Crippen LogP contribution in [-0.4, -0.2) is 51.6 Å². The zero-order valence-electron chi connectivity index (χ0n) is 11.8. The van der Waals surface area contributed by atoms with Gasteiger partial charge in [0, 0.05) is 12.1 Å². The first-order valence-corrected chi connectivity index (χ1v) is 6.16. The summed E-state index contributed by atoms with van der Waals surface area (Å²) in [5.41, 5.74) is 0.123. The lowest BCUT2D eigenvalue weighted by Gasteiger charge is -2.06. The Bertz CT molecular complexity index is 442. The van der Waals surface area contributed by atoms with Crippen LogP contribution in [-0.2, 0) is 4.74 Å². The summed E-state index contributed by atoms with van der Waals surface area (Å²) in [6.07, 6.45) is -1.29. The minimum absolute atomic E-state index is 0.0907. The molecule has 2 atom stereocenters. The summed E-state index contributed by atoms with van der Waals surface area (Å²) in [6.45, 7) is 2.78. The maximum atomic E-state index is 11.3. The first kappa shape index (κ1) is 19.0. The Labute approximate surface area is 121 Å². The second-order valence-electron chi connectivity index (χ2n) is 4.28. The summed E-state index contributed by atoms with van der Waals surface area (Å²) in [7, 11) is 0. The lowest BCUT2D eigenvalue weighted by atomic mass is 10.2. The van der Waals surface area contributed by atoms with Gasteiger partial charge in [-0.05, 0) is 26.0 Å². The molecule has 0 saturated carbocycles. The van der Waals surface area contributed by atoms with Gasteiger partial charge in [0.25, 0.3) is 5.69 Å². The van der Waals surface area contributed by atoms with E-state index in [1.54, 1.807) is 0 Å². The van der Waals surface area contributed by atoms with Gasteiger partial charge in [-0.2, -0.15) is 0 Å². The third-order valence-electron chi connectivity index (χ3n) is 2.03. The third-order valence-corrected chi connectivity index (χ3v) is 2.03. The predicted molar refractivity (Wildman–Crippen MR) is 73.8 cm³/mol. The van der Waals surface area contributed by atoms with Gasteiger partial charge in [-0.25, -0.2) is 4.79 Å². The van der Waals surface area contributed by atoms with Crippen LogP contribution in [0.1, 0.15) is 24.2 Å². The molecule has 0 saturated heterocycles. The molecule has 0 fully saturated rings. The van der Waals surface area contributed by atoms with Gasteiger partial charge < -0.3 is 20.1 Å². The number of aliphatic hydroxyl groups excluding tert-OH is 3. The van der Waals surface area contributed by atoms with Gasteiger partial charge in [0.05, 0.1) is 29.3 Å². The number of non-ortho nitro benzene ring substituents is 1. The van der Waals surface area contributed by atoms with E-state index < -0.39 is 23.1 Å².